The molecular weight excluding hydrogens is 468 g/mol. The molecule has 4 rings (SSSR count). The van der Waals surface area contributed by atoms with E-state index in [2.05, 4.69) is 9.82 Å². The van der Waals surface area contributed by atoms with Crippen LogP contribution >= 0.6 is 0 Å². The first-order chi connectivity index (χ1) is 16.8. The highest BCUT2D eigenvalue weighted by Gasteiger charge is 2.22. The second-order valence-electron chi connectivity index (χ2n) is 7.86. The van der Waals surface area contributed by atoms with Gasteiger partial charge in [0.2, 0.25) is 0 Å². The lowest BCUT2D eigenvalue weighted by molar-refractivity contribution is -0.763. The summed E-state index contributed by atoms with van der Waals surface area (Å²) in [6.45, 7) is 1.30. The maximum atomic E-state index is 12.8. The Morgan fingerprint density at radius 1 is 1.11 bits per heavy atom. The third-order valence-corrected chi connectivity index (χ3v) is 6.49. The molecule has 1 aliphatic carbocycles. The number of fused-ring (bicyclic) bond motifs is 1. The summed E-state index contributed by atoms with van der Waals surface area (Å²) in [5.74, 6) is -0.324. The van der Waals surface area contributed by atoms with Crippen molar-refractivity contribution in [1.82, 2.24) is 4.98 Å². The van der Waals surface area contributed by atoms with Crippen molar-refractivity contribution in [3.05, 3.63) is 105 Å². The van der Waals surface area contributed by atoms with Crippen molar-refractivity contribution >= 4 is 34.0 Å². The molecule has 0 radical (unpaired) electrons. The molecule has 1 atom stereocenters. The van der Waals surface area contributed by atoms with Crippen LogP contribution in [0.5, 0.6) is 5.75 Å². The van der Waals surface area contributed by atoms with Gasteiger partial charge in [-0.25, -0.2) is 0 Å². The SMILES string of the molecule is Cc1nccc(OC(=O)CC2=CC(=Cc3ccc(S(C)=O)cc3)c3ccccc32)c1CO[N+](=O)[O-]. The maximum Gasteiger partial charge on any atom is 0.315 e. The highest BCUT2D eigenvalue weighted by atomic mass is 32.2. The van der Waals surface area contributed by atoms with Crippen molar-refractivity contribution in [3.8, 4) is 5.75 Å². The fraction of sp³-hybridized carbons (Fsp3) is 0.154. The van der Waals surface area contributed by atoms with E-state index < -0.39 is 21.9 Å². The molecule has 0 saturated carbocycles. The molecule has 35 heavy (non-hydrogen) atoms. The van der Waals surface area contributed by atoms with Crippen LogP contribution in [0, 0.1) is 17.0 Å². The van der Waals surface area contributed by atoms with Gasteiger partial charge < -0.3 is 9.57 Å². The van der Waals surface area contributed by atoms with E-state index in [9.17, 15) is 19.1 Å². The van der Waals surface area contributed by atoms with Crippen molar-refractivity contribution in [2.45, 2.75) is 24.8 Å². The van der Waals surface area contributed by atoms with Crippen molar-refractivity contribution in [2.24, 2.45) is 0 Å². The van der Waals surface area contributed by atoms with Crippen LogP contribution in [0.15, 0.2) is 71.8 Å². The van der Waals surface area contributed by atoms with Gasteiger partial charge in [0.05, 0.1) is 6.42 Å². The first kappa shape index (κ1) is 24.0. The molecule has 1 heterocycles. The Morgan fingerprint density at radius 3 is 2.51 bits per heavy atom. The summed E-state index contributed by atoms with van der Waals surface area (Å²) >= 11 is 0. The normalized spacial score (nSPS) is 14.2. The smallest absolute Gasteiger partial charge is 0.315 e. The van der Waals surface area contributed by atoms with Gasteiger partial charge in [0.15, 0.2) is 0 Å². The molecule has 178 valence electrons. The van der Waals surface area contributed by atoms with Crippen LogP contribution in [-0.2, 0) is 27.0 Å². The van der Waals surface area contributed by atoms with Gasteiger partial charge in [-0.2, -0.15) is 0 Å². The topological polar surface area (TPSA) is 109 Å². The fourth-order valence-electron chi connectivity index (χ4n) is 3.84. The Bertz CT molecular complexity index is 1380. The van der Waals surface area contributed by atoms with E-state index >= 15 is 0 Å². The number of benzene rings is 2. The standard InChI is InChI=1S/C26H22N2O6S/c1-17-24(16-33-28(30)31)25(11-12-27-17)34-26(29)15-20-14-19(22-5-3-4-6-23(20)22)13-18-7-9-21(10-8-18)35(2)32/h3-14H,15-16H2,1-2H3. The molecule has 1 aromatic heterocycles. The summed E-state index contributed by atoms with van der Waals surface area (Å²) < 4.78 is 17.2. The van der Waals surface area contributed by atoms with Gasteiger partial charge in [0.25, 0.3) is 5.09 Å². The molecule has 0 amide bonds. The zero-order chi connectivity index (χ0) is 24.9. The lowest BCUT2D eigenvalue weighted by Gasteiger charge is -2.12. The predicted molar refractivity (Wildman–Crippen MR) is 132 cm³/mol. The van der Waals surface area contributed by atoms with Crippen LogP contribution in [0.25, 0.3) is 17.2 Å². The predicted octanol–water partition coefficient (Wildman–Crippen LogP) is 4.77. The number of hydrogen-bond donors (Lipinski definition) is 0. The van der Waals surface area contributed by atoms with Gasteiger partial charge in [-0.1, -0.05) is 36.4 Å². The van der Waals surface area contributed by atoms with Crippen molar-refractivity contribution < 1.29 is 23.7 Å². The largest absolute Gasteiger partial charge is 0.426 e. The van der Waals surface area contributed by atoms with Crippen LogP contribution in [-0.4, -0.2) is 26.5 Å². The zero-order valence-electron chi connectivity index (χ0n) is 19.1. The Kier molecular flexibility index (Phi) is 7.17. The Hall–Kier alpha value is -4.11. The van der Waals surface area contributed by atoms with E-state index in [4.69, 9.17) is 4.74 Å². The van der Waals surface area contributed by atoms with Crippen LogP contribution < -0.4 is 4.74 Å². The summed E-state index contributed by atoms with van der Waals surface area (Å²) in [5.41, 5.74) is 5.46. The van der Waals surface area contributed by atoms with Gasteiger partial charge in [0.1, 0.15) is 12.4 Å². The van der Waals surface area contributed by atoms with E-state index in [1.54, 1.807) is 13.2 Å². The lowest BCUT2D eigenvalue weighted by atomic mass is 10.0. The van der Waals surface area contributed by atoms with Crippen molar-refractivity contribution in [2.75, 3.05) is 6.26 Å². The Morgan fingerprint density at radius 2 is 1.83 bits per heavy atom. The molecule has 1 aliphatic rings. The van der Waals surface area contributed by atoms with Crippen molar-refractivity contribution in [3.63, 3.8) is 0 Å². The van der Waals surface area contributed by atoms with Gasteiger partial charge in [-0.3, -0.25) is 14.0 Å². The number of carbonyl (C=O) groups is 1. The number of ether oxygens (including phenoxy) is 1. The highest BCUT2D eigenvalue weighted by Crippen LogP contribution is 2.38. The summed E-state index contributed by atoms with van der Waals surface area (Å²) in [6, 6.07) is 16.8. The number of nitrogens with zero attached hydrogens (tertiary/aromatic N) is 2. The highest BCUT2D eigenvalue weighted by molar-refractivity contribution is 7.84. The van der Waals surface area contributed by atoms with Crippen LogP contribution in [0.1, 0.15) is 34.4 Å². The molecule has 3 aromatic rings. The summed E-state index contributed by atoms with van der Waals surface area (Å²) in [5, 5.41) is 9.70. The second-order valence-corrected chi connectivity index (χ2v) is 9.24. The Labute approximate surface area is 204 Å². The molecule has 0 fully saturated rings. The minimum atomic E-state index is -1.04. The lowest BCUT2D eigenvalue weighted by Crippen LogP contribution is -2.12. The molecule has 0 N–H and O–H groups in total. The monoisotopic (exact) mass is 490 g/mol. The zero-order valence-corrected chi connectivity index (χ0v) is 19.9. The van der Waals surface area contributed by atoms with E-state index in [0.29, 0.717) is 11.3 Å². The molecule has 2 aromatic carbocycles. The summed E-state index contributed by atoms with van der Waals surface area (Å²) in [4.78, 5) is 32.7. The molecular formula is C26H22N2O6S. The van der Waals surface area contributed by atoms with E-state index in [1.807, 2.05) is 60.7 Å². The van der Waals surface area contributed by atoms with Gasteiger partial charge in [-0.15, -0.1) is 10.1 Å². The van der Waals surface area contributed by atoms with Crippen LogP contribution in [0.4, 0.5) is 0 Å². The number of esters is 1. The molecule has 9 heteroatoms. The van der Waals surface area contributed by atoms with E-state index in [0.717, 1.165) is 32.7 Å². The molecule has 1 unspecified atom stereocenters. The quantitative estimate of drug-likeness (QED) is 0.254. The maximum absolute atomic E-state index is 12.8. The number of allylic oxidation sites excluding steroid dienone is 2. The third kappa shape index (κ3) is 5.70. The summed E-state index contributed by atoms with van der Waals surface area (Å²) in [6.07, 6.45) is 7.09. The first-order valence-electron chi connectivity index (χ1n) is 10.7. The summed E-state index contributed by atoms with van der Waals surface area (Å²) in [7, 11) is -1.04. The number of carbonyl (C=O) groups excluding carboxylic acids is 1. The number of hydrogen-bond acceptors (Lipinski definition) is 7. The minimum Gasteiger partial charge on any atom is -0.426 e. The van der Waals surface area contributed by atoms with Crippen LogP contribution in [0.3, 0.4) is 0 Å². The van der Waals surface area contributed by atoms with Crippen molar-refractivity contribution in [1.29, 1.82) is 0 Å². The van der Waals surface area contributed by atoms with E-state index in [-0.39, 0.29) is 18.8 Å². The second kappa shape index (κ2) is 10.4. The first-order valence-corrected chi connectivity index (χ1v) is 12.3. The molecule has 8 nitrogen and oxygen atoms in total. The average Bonchev–Trinajstić information content (AvgIpc) is 3.16. The minimum absolute atomic E-state index is 0.0129. The number of aryl methyl sites for hydroxylation is 1. The fourth-order valence-corrected chi connectivity index (χ4v) is 4.35. The Balaban J connectivity index is 1.56. The average molecular weight is 491 g/mol. The molecule has 0 bridgehead atoms. The van der Waals surface area contributed by atoms with Gasteiger partial charge >= 0.3 is 5.97 Å². The number of rotatable bonds is 8. The van der Waals surface area contributed by atoms with Gasteiger partial charge in [0, 0.05) is 39.4 Å². The van der Waals surface area contributed by atoms with E-state index in [1.165, 1.54) is 12.3 Å². The third-order valence-electron chi connectivity index (χ3n) is 5.55. The molecule has 0 saturated heterocycles. The number of pyridine rings is 1. The van der Waals surface area contributed by atoms with Gasteiger partial charge in [-0.05, 0) is 65.1 Å². The number of aromatic nitrogens is 1. The molecule has 0 aliphatic heterocycles. The van der Waals surface area contributed by atoms with Crippen LogP contribution in [0.2, 0.25) is 0 Å². The molecule has 0 spiro atoms.